The Balaban J connectivity index is 0.614. The third-order valence-corrected chi connectivity index (χ3v) is 15.0. The van der Waals surface area contributed by atoms with E-state index in [0.29, 0.717) is 172 Å². The quantitative estimate of drug-likeness (QED) is 0.0334. The first-order chi connectivity index (χ1) is 38.6. The number of carbonyl (C=O) groups excluding carboxylic acids is 5. The highest BCUT2D eigenvalue weighted by molar-refractivity contribution is 6.07. The number of nitrogens with one attached hydrogen (secondary N) is 2. The largest absolute Gasteiger partial charge is 0.491 e. The number of β-lactam (4-membered cyclic amide) rings is 1. The van der Waals surface area contributed by atoms with Crippen LogP contribution in [-0.2, 0) is 57.8 Å². The summed E-state index contributed by atoms with van der Waals surface area (Å²) in [4.78, 5) is 69.8. The maximum Gasteiger partial charge on any atom is 0.260 e. The summed E-state index contributed by atoms with van der Waals surface area (Å²) in [6.07, 6.45) is 9.23. The number of benzene rings is 3. The van der Waals surface area contributed by atoms with Gasteiger partial charge in [0.15, 0.2) is 0 Å². The van der Waals surface area contributed by atoms with Crippen LogP contribution in [0.3, 0.4) is 0 Å². The average molecular weight is 1100 g/mol. The van der Waals surface area contributed by atoms with Crippen LogP contribution in [0, 0.1) is 5.92 Å². The number of aromatic nitrogens is 3. The Hall–Kier alpha value is -6.33. The van der Waals surface area contributed by atoms with E-state index in [1.807, 2.05) is 35.4 Å². The van der Waals surface area contributed by atoms with E-state index in [4.69, 9.17) is 33.2 Å². The minimum atomic E-state index is -0.890. The molecule has 4 heterocycles. The zero-order valence-electron chi connectivity index (χ0n) is 45.6. The van der Waals surface area contributed by atoms with Crippen LogP contribution in [0.1, 0.15) is 103 Å². The molecule has 1 spiro atoms. The molecule has 4 aromatic rings. The molecular formula is C58H78N8O13. The molecule has 428 valence electrons. The molecule has 5 amide bonds. The third kappa shape index (κ3) is 16.9. The summed E-state index contributed by atoms with van der Waals surface area (Å²) in [5.74, 6) is 1.02. The van der Waals surface area contributed by atoms with Crippen molar-refractivity contribution in [1.82, 2.24) is 40.3 Å². The zero-order chi connectivity index (χ0) is 55.2. The molecule has 3 aromatic carbocycles. The van der Waals surface area contributed by atoms with Crippen molar-refractivity contribution in [1.29, 1.82) is 0 Å². The molecule has 8 rings (SSSR count). The fraction of sp³-hybridized carbons (Fsp3) is 0.569. The normalized spacial score (nSPS) is 18.1. The lowest BCUT2D eigenvalue weighted by atomic mass is 9.78. The Kier molecular flexibility index (Phi) is 22.6. The molecule has 1 saturated carbocycles. The summed E-state index contributed by atoms with van der Waals surface area (Å²) in [5.41, 5.74) is 1.87. The van der Waals surface area contributed by atoms with Crippen molar-refractivity contribution in [3.05, 3.63) is 101 Å². The van der Waals surface area contributed by atoms with Crippen LogP contribution < -0.4 is 20.1 Å². The summed E-state index contributed by atoms with van der Waals surface area (Å²) >= 11 is 0. The summed E-state index contributed by atoms with van der Waals surface area (Å²) in [5, 5.41) is 25.4. The molecule has 4 fully saturated rings. The molecule has 21 nitrogen and oxygen atoms in total. The van der Waals surface area contributed by atoms with Crippen LogP contribution in [0.2, 0.25) is 0 Å². The van der Waals surface area contributed by atoms with Gasteiger partial charge in [-0.1, -0.05) is 50.0 Å². The number of carbonyl (C=O) groups is 5. The number of aliphatic hydroxyl groups excluding tert-OH is 1. The van der Waals surface area contributed by atoms with Crippen molar-refractivity contribution in [3.8, 4) is 17.2 Å². The number of imide groups is 1. The molecule has 2 atom stereocenters. The first kappa shape index (κ1) is 58.8. The Bertz CT molecular complexity index is 2550. The van der Waals surface area contributed by atoms with Gasteiger partial charge in [0.2, 0.25) is 17.7 Å². The van der Waals surface area contributed by atoms with E-state index in [-0.39, 0.29) is 35.5 Å². The summed E-state index contributed by atoms with van der Waals surface area (Å²) in [7, 11) is 0. The smallest absolute Gasteiger partial charge is 0.260 e. The van der Waals surface area contributed by atoms with E-state index in [2.05, 4.69) is 32.8 Å². The third-order valence-electron chi connectivity index (χ3n) is 15.0. The van der Waals surface area contributed by atoms with Gasteiger partial charge in [0.1, 0.15) is 41.1 Å². The lowest BCUT2D eigenvalue weighted by Gasteiger charge is -2.52. The molecule has 3 aliphatic heterocycles. The van der Waals surface area contributed by atoms with Crippen molar-refractivity contribution < 1.29 is 62.2 Å². The number of likely N-dealkylation sites (tertiary alicyclic amines) is 2. The number of piperazine rings is 1. The van der Waals surface area contributed by atoms with Crippen LogP contribution in [0.5, 0.6) is 17.2 Å². The second-order valence-electron chi connectivity index (χ2n) is 20.5. The van der Waals surface area contributed by atoms with Crippen LogP contribution in [0.15, 0.2) is 79.0 Å². The van der Waals surface area contributed by atoms with Gasteiger partial charge < -0.3 is 53.8 Å². The van der Waals surface area contributed by atoms with Gasteiger partial charge in [0, 0.05) is 56.8 Å². The van der Waals surface area contributed by atoms with Gasteiger partial charge in [-0.15, -0.1) is 5.10 Å². The van der Waals surface area contributed by atoms with E-state index in [1.54, 1.807) is 53.2 Å². The summed E-state index contributed by atoms with van der Waals surface area (Å²) in [6, 6.07) is 20.7. The summed E-state index contributed by atoms with van der Waals surface area (Å²) < 4.78 is 41.5. The van der Waals surface area contributed by atoms with Gasteiger partial charge >= 0.3 is 0 Å². The molecule has 3 saturated heterocycles. The van der Waals surface area contributed by atoms with E-state index in [0.717, 1.165) is 50.5 Å². The zero-order valence-corrected chi connectivity index (χ0v) is 45.6. The van der Waals surface area contributed by atoms with Gasteiger partial charge in [0.05, 0.1) is 84.9 Å². The molecule has 0 bridgehead atoms. The second-order valence-corrected chi connectivity index (χ2v) is 20.5. The van der Waals surface area contributed by atoms with E-state index < -0.39 is 17.7 Å². The van der Waals surface area contributed by atoms with E-state index in [9.17, 15) is 29.1 Å². The van der Waals surface area contributed by atoms with Crippen LogP contribution in [0.25, 0.3) is 0 Å². The highest BCUT2D eigenvalue weighted by atomic mass is 16.6. The Labute approximate surface area is 462 Å². The topological polar surface area (TPSA) is 235 Å². The minimum Gasteiger partial charge on any atom is -0.491 e. The lowest BCUT2D eigenvalue weighted by Crippen LogP contribution is -2.75. The summed E-state index contributed by atoms with van der Waals surface area (Å²) in [6.45, 7) is 10.2. The molecule has 4 aliphatic rings. The Morgan fingerprint density at radius 2 is 1.35 bits per heavy atom. The standard InChI is InChI=1S/C58H78N8O13/c1-2-3-25-66-56(71)52(53(68)44-7-5-4-6-8-44)60-57(72)58(66)22-27-63(28-23-58)40-43-9-15-49(16-10-43)79-50-19-11-45(12-20-50)54(69)59-24-30-73-32-33-74-31-29-64-41-47(61-62-64)42-77-37-36-75-34-35-76-38-39-78-48-17-13-46(14-18-48)55(70)65-26-21-51(65)67/h9-20,41,44,52-53,68H,2-8,21-40,42H2,1H3,(H,59,69)(H,60,72)/t52-,53-/m1/s1. The first-order valence-electron chi connectivity index (χ1n) is 28.1. The second kappa shape index (κ2) is 30.3. The number of aliphatic hydroxyl groups is 1. The maximum atomic E-state index is 14.0. The molecule has 21 heteroatoms. The Morgan fingerprint density at radius 3 is 2.01 bits per heavy atom. The minimum absolute atomic E-state index is 0.0421. The van der Waals surface area contributed by atoms with Crippen LogP contribution in [0.4, 0.5) is 0 Å². The molecule has 3 N–H and O–H groups in total. The number of nitrogens with zero attached hydrogens (tertiary/aromatic N) is 6. The average Bonchev–Trinajstić information content (AvgIpc) is 4.06. The van der Waals surface area contributed by atoms with Crippen molar-refractivity contribution in [3.63, 3.8) is 0 Å². The van der Waals surface area contributed by atoms with Crippen molar-refractivity contribution in [2.24, 2.45) is 5.92 Å². The predicted octanol–water partition coefficient (Wildman–Crippen LogP) is 4.94. The molecule has 0 radical (unpaired) electrons. The fourth-order valence-electron chi connectivity index (χ4n) is 10.3. The SMILES string of the molecule is CCCCN1C(=O)[C@@H]([C@H](O)C2CCCCC2)NC(=O)C12CCN(Cc1ccc(Oc3ccc(C(=O)NCCOCCOCCn4cc(COCCOCCOCCOc5ccc(C(=O)N6CCC6=O)cc5)nn4)cc3)cc1)CC2. The van der Waals surface area contributed by atoms with Crippen molar-refractivity contribution >= 4 is 29.5 Å². The molecular weight excluding hydrogens is 1020 g/mol. The lowest BCUT2D eigenvalue weighted by molar-refractivity contribution is -0.166. The van der Waals surface area contributed by atoms with Gasteiger partial charge in [0.25, 0.3) is 11.8 Å². The number of hydrogen-bond donors (Lipinski definition) is 3. The van der Waals surface area contributed by atoms with Gasteiger partial charge in [-0.2, -0.15) is 0 Å². The predicted molar refractivity (Wildman–Crippen MR) is 289 cm³/mol. The van der Waals surface area contributed by atoms with Gasteiger partial charge in [-0.25, -0.2) is 4.68 Å². The highest BCUT2D eigenvalue weighted by Gasteiger charge is 2.55. The highest BCUT2D eigenvalue weighted by Crippen LogP contribution is 2.37. The number of unbranched alkanes of at least 4 members (excludes halogenated alkanes) is 1. The maximum absolute atomic E-state index is 14.0. The molecule has 1 aliphatic carbocycles. The van der Waals surface area contributed by atoms with Crippen LogP contribution >= 0.6 is 0 Å². The first-order valence-corrected chi connectivity index (χ1v) is 28.1. The number of hydrogen-bond acceptors (Lipinski definition) is 16. The monoisotopic (exact) mass is 1090 g/mol. The number of ether oxygens (including phenoxy) is 7. The molecule has 1 aromatic heterocycles. The molecule has 0 unspecified atom stereocenters. The van der Waals surface area contributed by atoms with E-state index in [1.165, 1.54) is 4.90 Å². The fourth-order valence-corrected chi connectivity index (χ4v) is 10.3. The number of rotatable bonds is 32. The van der Waals surface area contributed by atoms with Gasteiger partial charge in [-0.05, 0) is 104 Å². The van der Waals surface area contributed by atoms with E-state index >= 15 is 0 Å². The van der Waals surface area contributed by atoms with Crippen molar-refractivity contribution in [2.45, 2.75) is 109 Å². The van der Waals surface area contributed by atoms with Gasteiger partial charge in [-0.3, -0.25) is 33.8 Å². The Morgan fingerprint density at radius 1 is 0.734 bits per heavy atom. The number of piperidine rings is 1. The number of amides is 5. The van der Waals surface area contributed by atoms with Crippen molar-refractivity contribution in [2.75, 3.05) is 98.8 Å². The van der Waals surface area contributed by atoms with Crippen LogP contribution in [-0.4, -0.2) is 181 Å². The molecule has 79 heavy (non-hydrogen) atoms.